The SMILES string of the molecule is Cc1c(-c2ccc([N+](=O)[O-])cc2)sc2c1c(=O)c(C(=O)c1ccccc1)cn2Cc1c(F)cccc1F. The summed E-state index contributed by atoms with van der Waals surface area (Å²) >= 11 is 1.22. The van der Waals surface area contributed by atoms with Crippen molar-refractivity contribution in [2.45, 2.75) is 13.5 Å². The smallest absolute Gasteiger partial charge is 0.269 e. The van der Waals surface area contributed by atoms with Gasteiger partial charge in [0.25, 0.3) is 5.69 Å². The molecule has 0 aliphatic carbocycles. The Morgan fingerprint density at radius 2 is 1.62 bits per heavy atom. The molecule has 0 atom stereocenters. The number of hydrogen-bond donors (Lipinski definition) is 0. The number of thiophene rings is 1. The van der Waals surface area contributed by atoms with Gasteiger partial charge in [0.1, 0.15) is 16.5 Å². The van der Waals surface area contributed by atoms with Gasteiger partial charge in [-0.25, -0.2) is 8.78 Å². The van der Waals surface area contributed by atoms with Gasteiger partial charge in [-0.2, -0.15) is 0 Å². The zero-order chi connectivity index (χ0) is 26.3. The van der Waals surface area contributed by atoms with E-state index in [-0.39, 0.29) is 28.7 Å². The van der Waals surface area contributed by atoms with Crippen LogP contribution in [0.3, 0.4) is 0 Å². The number of non-ortho nitro benzene ring substituents is 1. The molecule has 0 unspecified atom stereocenters. The Hall–Kier alpha value is -4.50. The first-order chi connectivity index (χ1) is 17.8. The van der Waals surface area contributed by atoms with Crippen molar-refractivity contribution < 1.29 is 18.5 Å². The highest BCUT2D eigenvalue weighted by Gasteiger charge is 2.23. The molecule has 9 heteroatoms. The number of benzene rings is 3. The first-order valence-corrected chi connectivity index (χ1v) is 12.0. The molecule has 184 valence electrons. The molecule has 0 aliphatic rings. The highest BCUT2D eigenvalue weighted by atomic mass is 32.1. The largest absolute Gasteiger partial charge is 0.334 e. The van der Waals surface area contributed by atoms with Crippen LogP contribution in [0, 0.1) is 28.7 Å². The molecule has 2 heterocycles. The molecule has 0 saturated carbocycles. The van der Waals surface area contributed by atoms with E-state index in [1.165, 1.54) is 40.3 Å². The first kappa shape index (κ1) is 24.2. The van der Waals surface area contributed by atoms with Gasteiger partial charge in [-0.1, -0.05) is 36.4 Å². The number of nitro groups is 1. The summed E-state index contributed by atoms with van der Waals surface area (Å²) in [4.78, 5) is 38.6. The number of halogens is 2. The van der Waals surface area contributed by atoms with Crippen LogP contribution in [0.1, 0.15) is 27.0 Å². The van der Waals surface area contributed by atoms with Crippen LogP contribution in [-0.2, 0) is 6.54 Å². The van der Waals surface area contributed by atoms with Crippen LogP contribution < -0.4 is 5.43 Å². The van der Waals surface area contributed by atoms with Crippen molar-refractivity contribution in [1.29, 1.82) is 0 Å². The van der Waals surface area contributed by atoms with Crippen LogP contribution in [0.2, 0.25) is 0 Å². The Labute approximate surface area is 213 Å². The quantitative estimate of drug-likeness (QED) is 0.146. The summed E-state index contributed by atoms with van der Waals surface area (Å²) in [5, 5.41) is 11.3. The molecule has 3 aromatic carbocycles. The van der Waals surface area contributed by atoms with E-state index in [9.17, 15) is 28.5 Å². The third kappa shape index (κ3) is 4.34. The fourth-order valence-corrected chi connectivity index (χ4v) is 5.55. The molecule has 0 fully saturated rings. The summed E-state index contributed by atoms with van der Waals surface area (Å²) < 4.78 is 30.6. The lowest BCUT2D eigenvalue weighted by Crippen LogP contribution is -2.20. The van der Waals surface area contributed by atoms with Gasteiger partial charge in [0, 0.05) is 34.3 Å². The lowest BCUT2D eigenvalue weighted by atomic mass is 10.0. The van der Waals surface area contributed by atoms with Crippen LogP contribution in [0.25, 0.3) is 20.7 Å². The van der Waals surface area contributed by atoms with E-state index in [1.54, 1.807) is 49.4 Å². The number of rotatable bonds is 6. The minimum Gasteiger partial charge on any atom is -0.334 e. The molecule has 0 radical (unpaired) electrons. The molecule has 2 aromatic heterocycles. The van der Waals surface area contributed by atoms with Gasteiger partial charge in [-0.05, 0) is 42.3 Å². The molecule has 5 aromatic rings. The highest BCUT2D eigenvalue weighted by molar-refractivity contribution is 7.22. The number of carbonyl (C=O) groups excluding carboxylic acids is 1. The maximum absolute atomic E-state index is 14.6. The van der Waals surface area contributed by atoms with Gasteiger partial charge in [-0.15, -0.1) is 11.3 Å². The minimum absolute atomic E-state index is 0.0761. The summed E-state index contributed by atoms with van der Waals surface area (Å²) in [7, 11) is 0. The molecule has 6 nitrogen and oxygen atoms in total. The Kier molecular flexibility index (Phi) is 6.22. The summed E-state index contributed by atoms with van der Waals surface area (Å²) in [6.07, 6.45) is 1.35. The zero-order valence-electron chi connectivity index (χ0n) is 19.4. The van der Waals surface area contributed by atoms with Crippen molar-refractivity contribution in [3.63, 3.8) is 0 Å². The van der Waals surface area contributed by atoms with Crippen LogP contribution in [0.5, 0.6) is 0 Å². The first-order valence-electron chi connectivity index (χ1n) is 11.2. The fraction of sp³-hybridized carbons (Fsp3) is 0.0714. The highest BCUT2D eigenvalue weighted by Crippen LogP contribution is 2.38. The second kappa shape index (κ2) is 9.51. The van der Waals surface area contributed by atoms with Gasteiger partial charge >= 0.3 is 0 Å². The number of nitro benzene ring substituents is 1. The van der Waals surface area contributed by atoms with E-state index in [0.717, 1.165) is 12.1 Å². The van der Waals surface area contributed by atoms with Crippen molar-refractivity contribution in [3.05, 3.63) is 133 Å². The van der Waals surface area contributed by atoms with Crippen molar-refractivity contribution in [2.75, 3.05) is 0 Å². The van der Waals surface area contributed by atoms with Gasteiger partial charge in [0.05, 0.1) is 22.4 Å². The maximum Gasteiger partial charge on any atom is 0.269 e. The lowest BCUT2D eigenvalue weighted by molar-refractivity contribution is -0.384. The Balaban J connectivity index is 1.76. The van der Waals surface area contributed by atoms with Crippen LogP contribution in [0.4, 0.5) is 14.5 Å². The molecule has 0 saturated heterocycles. The molecule has 0 amide bonds. The minimum atomic E-state index is -0.744. The van der Waals surface area contributed by atoms with Crippen molar-refractivity contribution in [3.8, 4) is 10.4 Å². The van der Waals surface area contributed by atoms with E-state index in [0.29, 0.717) is 26.4 Å². The van der Waals surface area contributed by atoms with Crippen molar-refractivity contribution in [2.24, 2.45) is 0 Å². The molecular formula is C28H18F2N2O4S. The zero-order valence-corrected chi connectivity index (χ0v) is 20.2. The number of pyridine rings is 1. The van der Waals surface area contributed by atoms with Gasteiger partial charge in [-0.3, -0.25) is 19.7 Å². The number of aryl methyl sites for hydroxylation is 1. The third-order valence-electron chi connectivity index (χ3n) is 6.16. The predicted molar refractivity (Wildman–Crippen MR) is 138 cm³/mol. The number of aromatic nitrogens is 1. The van der Waals surface area contributed by atoms with Gasteiger partial charge in [0.2, 0.25) is 5.43 Å². The summed E-state index contributed by atoms with van der Waals surface area (Å²) in [6, 6.07) is 17.8. The number of fused-ring (bicyclic) bond motifs is 1. The lowest BCUT2D eigenvalue weighted by Gasteiger charge is -2.12. The summed E-state index contributed by atoms with van der Waals surface area (Å²) in [5.74, 6) is -1.99. The molecule has 0 bridgehead atoms. The monoisotopic (exact) mass is 516 g/mol. The Morgan fingerprint density at radius 3 is 2.24 bits per heavy atom. The normalized spacial score (nSPS) is 11.1. The third-order valence-corrected chi connectivity index (χ3v) is 7.53. The average Bonchev–Trinajstić information content (AvgIpc) is 3.25. The number of hydrogen-bond acceptors (Lipinski definition) is 5. The summed E-state index contributed by atoms with van der Waals surface area (Å²) in [6.45, 7) is 1.48. The maximum atomic E-state index is 14.6. The van der Waals surface area contributed by atoms with Gasteiger partial charge < -0.3 is 4.57 Å². The molecule has 0 N–H and O–H groups in total. The van der Waals surface area contributed by atoms with Gasteiger partial charge in [0.15, 0.2) is 5.78 Å². The number of carbonyl (C=O) groups is 1. The second-order valence-corrected chi connectivity index (χ2v) is 9.43. The average molecular weight is 517 g/mol. The standard InChI is InChI=1S/C28H18F2N2O4S/c1-16-24-26(34)21(25(33)17-6-3-2-4-7-17)15-31(14-20-22(29)8-5-9-23(20)30)28(24)37-27(16)18-10-12-19(13-11-18)32(35)36/h2-13,15H,14H2,1H3. The van der Waals surface area contributed by atoms with Crippen LogP contribution in [-0.4, -0.2) is 15.3 Å². The van der Waals surface area contributed by atoms with E-state index in [2.05, 4.69) is 0 Å². The number of nitrogens with zero attached hydrogens (tertiary/aromatic N) is 2. The van der Waals surface area contributed by atoms with Crippen LogP contribution >= 0.6 is 11.3 Å². The fourth-order valence-electron chi connectivity index (χ4n) is 4.26. The van der Waals surface area contributed by atoms with E-state index in [4.69, 9.17) is 0 Å². The Bertz CT molecular complexity index is 1720. The van der Waals surface area contributed by atoms with E-state index in [1.807, 2.05) is 0 Å². The van der Waals surface area contributed by atoms with E-state index < -0.39 is 27.8 Å². The molecule has 37 heavy (non-hydrogen) atoms. The van der Waals surface area contributed by atoms with Crippen molar-refractivity contribution in [1.82, 2.24) is 4.57 Å². The van der Waals surface area contributed by atoms with Crippen molar-refractivity contribution >= 4 is 33.0 Å². The Morgan fingerprint density at radius 1 is 0.973 bits per heavy atom. The molecule has 0 aliphatic heterocycles. The number of ketones is 1. The molecular weight excluding hydrogens is 498 g/mol. The van der Waals surface area contributed by atoms with Crippen LogP contribution in [0.15, 0.2) is 83.8 Å². The summed E-state index contributed by atoms with van der Waals surface area (Å²) in [5.41, 5.74) is 0.641. The topological polar surface area (TPSA) is 82.2 Å². The molecule has 0 spiro atoms. The van der Waals surface area contributed by atoms with E-state index >= 15 is 0 Å². The second-order valence-electron chi connectivity index (χ2n) is 8.44. The predicted octanol–water partition coefficient (Wildman–Crippen LogP) is 6.50. The molecule has 5 rings (SSSR count).